The highest BCUT2D eigenvalue weighted by molar-refractivity contribution is 5.69. The largest absolute Gasteiger partial charge is 0.480 e. The first-order valence-corrected chi connectivity index (χ1v) is 7.83. The number of hydrogen-bond donors (Lipinski definition) is 2. The molecule has 2 aliphatic heterocycles. The van der Waals surface area contributed by atoms with Crippen LogP contribution < -0.4 is 5.32 Å². The molecule has 6 heteroatoms. The summed E-state index contributed by atoms with van der Waals surface area (Å²) in [4.78, 5) is 18.0. The van der Waals surface area contributed by atoms with Gasteiger partial charge in [0.25, 0.3) is 0 Å². The summed E-state index contributed by atoms with van der Waals surface area (Å²) in [5.74, 6) is -0.712. The summed E-state index contributed by atoms with van der Waals surface area (Å²) in [6.07, 6.45) is 2.24. The highest BCUT2D eigenvalue weighted by atomic mass is 16.4. The number of aliphatic carboxylic acids is 1. The van der Waals surface area contributed by atoms with Gasteiger partial charge in [0.05, 0.1) is 6.54 Å². The van der Waals surface area contributed by atoms with E-state index in [2.05, 4.69) is 20.0 Å². The number of carboxylic acids is 1. The van der Waals surface area contributed by atoms with Crippen LogP contribution in [0.25, 0.3) is 0 Å². The zero-order valence-electron chi connectivity index (χ0n) is 12.4. The van der Waals surface area contributed by atoms with Gasteiger partial charge in [-0.15, -0.1) is 0 Å². The van der Waals surface area contributed by atoms with Crippen molar-refractivity contribution in [2.45, 2.75) is 12.8 Å². The van der Waals surface area contributed by atoms with Gasteiger partial charge >= 0.3 is 5.97 Å². The van der Waals surface area contributed by atoms with Crippen LogP contribution >= 0.6 is 0 Å². The van der Waals surface area contributed by atoms with Crippen molar-refractivity contribution in [2.75, 3.05) is 72.0 Å². The van der Waals surface area contributed by atoms with E-state index >= 15 is 0 Å². The predicted octanol–water partition coefficient (Wildman–Crippen LogP) is -0.626. The molecule has 0 aromatic heterocycles. The van der Waals surface area contributed by atoms with Crippen LogP contribution in [-0.2, 0) is 4.79 Å². The summed E-state index contributed by atoms with van der Waals surface area (Å²) in [7, 11) is 0. The Hall–Kier alpha value is -0.690. The number of hydrogen-bond acceptors (Lipinski definition) is 5. The summed E-state index contributed by atoms with van der Waals surface area (Å²) in [6.45, 7) is 10.6. The molecule has 116 valence electrons. The van der Waals surface area contributed by atoms with Gasteiger partial charge < -0.3 is 20.2 Å². The van der Waals surface area contributed by atoms with Crippen molar-refractivity contribution in [3.63, 3.8) is 0 Å². The van der Waals surface area contributed by atoms with Gasteiger partial charge in [-0.3, -0.25) is 9.69 Å². The molecule has 2 atom stereocenters. The molecule has 0 aromatic carbocycles. The van der Waals surface area contributed by atoms with E-state index in [4.69, 9.17) is 5.11 Å². The number of rotatable bonds is 2. The Kier molecular flexibility index (Phi) is 6.72. The maximum absolute atomic E-state index is 10.9. The molecule has 2 saturated heterocycles. The minimum atomic E-state index is -0.712. The number of nitrogens with one attached hydrogen (secondary N) is 1. The maximum atomic E-state index is 10.9. The van der Waals surface area contributed by atoms with E-state index in [0.717, 1.165) is 71.9 Å². The first-order valence-electron chi connectivity index (χ1n) is 7.83. The van der Waals surface area contributed by atoms with Gasteiger partial charge in [-0.05, 0) is 32.5 Å². The molecular formula is C14H28N4O2. The molecule has 0 amide bonds. The number of nitrogens with zero attached hydrogens (tertiary/aromatic N) is 3. The van der Waals surface area contributed by atoms with E-state index in [1.54, 1.807) is 0 Å². The van der Waals surface area contributed by atoms with E-state index in [1.807, 2.05) is 0 Å². The molecule has 6 nitrogen and oxygen atoms in total. The molecular weight excluding hydrogens is 256 g/mol. The van der Waals surface area contributed by atoms with Crippen molar-refractivity contribution < 1.29 is 9.90 Å². The number of carbonyl (C=O) groups is 1. The molecule has 2 aliphatic rings. The molecule has 0 spiro atoms. The molecule has 0 aromatic rings. The average molecular weight is 284 g/mol. The second-order valence-corrected chi connectivity index (χ2v) is 5.81. The Balaban J connectivity index is 1.93. The highest BCUT2D eigenvalue weighted by Crippen LogP contribution is 2.03. The molecule has 2 unspecified atom stereocenters. The average Bonchev–Trinajstić information content (AvgIpc) is 2.43. The second kappa shape index (κ2) is 8.56. The summed E-state index contributed by atoms with van der Waals surface area (Å²) in [5.41, 5.74) is 0. The van der Waals surface area contributed by atoms with Crippen LogP contribution in [0, 0.1) is 0 Å². The minimum absolute atomic E-state index is 0.176. The lowest BCUT2D eigenvalue weighted by molar-refractivity contribution is -0.138. The van der Waals surface area contributed by atoms with Gasteiger partial charge in [0.2, 0.25) is 0 Å². The first-order chi connectivity index (χ1) is 9.74. The third kappa shape index (κ3) is 5.75. The molecule has 0 saturated carbocycles. The Morgan fingerprint density at radius 3 is 2.35 bits per heavy atom. The summed E-state index contributed by atoms with van der Waals surface area (Å²) >= 11 is 0. The number of fused-ring (bicyclic) bond motifs is 3. The van der Waals surface area contributed by atoms with Crippen molar-refractivity contribution in [3.8, 4) is 0 Å². The third-order valence-corrected chi connectivity index (χ3v) is 4.21. The molecule has 2 heterocycles. The van der Waals surface area contributed by atoms with Gasteiger partial charge in [-0.25, -0.2) is 0 Å². The van der Waals surface area contributed by atoms with E-state index in [-0.39, 0.29) is 6.54 Å². The highest BCUT2D eigenvalue weighted by Gasteiger charge is 2.16. The lowest BCUT2D eigenvalue weighted by atomic mass is 10.2. The molecule has 0 aliphatic carbocycles. The van der Waals surface area contributed by atoms with Crippen LogP contribution in [0.15, 0.2) is 0 Å². The van der Waals surface area contributed by atoms with E-state index < -0.39 is 5.97 Å². The summed E-state index contributed by atoms with van der Waals surface area (Å²) in [6, 6.07) is 0. The SMILES string of the molecule is O=C(O)CN1CCCN2CCNCCCN(CC2)CC1. The van der Waals surface area contributed by atoms with Crippen LogP contribution in [-0.4, -0.2) is 97.8 Å². The predicted molar refractivity (Wildman–Crippen MR) is 79.1 cm³/mol. The third-order valence-electron chi connectivity index (χ3n) is 4.21. The van der Waals surface area contributed by atoms with Crippen LogP contribution in [0.3, 0.4) is 0 Å². The molecule has 2 bridgehead atoms. The summed E-state index contributed by atoms with van der Waals surface area (Å²) < 4.78 is 0. The molecule has 2 N–H and O–H groups in total. The Morgan fingerprint density at radius 2 is 1.55 bits per heavy atom. The number of carboxylic acid groups (broad SMARTS) is 1. The fourth-order valence-electron chi connectivity index (χ4n) is 3.01. The fraction of sp³-hybridized carbons (Fsp3) is 0.929. The topological polar surface area (TPSA) is 59.1 Å². The van der Waals surface area contributed by atoms with Gasteiger partial charge in [0, 0.05) is 45.8 Å². The first kappa shape index (κ1) is 15.7. The standard InChI is InChI=1S/C14H28N4O2/c19-14(20)13-18-7-2-6-16-8-4-15-3-1-5-17(10-9-16)11-12-18/h15H,1-13H2,(H,19,20). The fourth-order valence-corrected chi connectivity index (χ4v) is 3.01. The maximum Gasteiger partial charge on any atom is 0.317 e. The Bertz CT molecular complexity index is 301. The van der Waals surface area contributed by atoms with Crippen LogP contribution in [0.1, 0.15) is 12.8 Å². The lowest BCUT2D eigenvalue weighted by Crippen LogP contribution is -2.46. The zero-order valence-corrected chi connectivity index (χ0v) is 12.4. The van der Waals surface area contributed by atoms with Crippen molar-refractivity contribution in [3.05, 3.63) is 0 Å². The van der Waals surface area contributed by atoms with Crippen LogP contribution in [0.4, 0.5) is 0 Å². The normalized spacial score (nSPS) is 30.8. The summed E-state index contributed by atoms with van der Waals surface area (Å²) in [5, 5.41) is 12.5. The monoisotopic (exact) mass is 284 g/mol. The Morgan fingerprint density at radius 1 is 0.850 bits per heavy atom. The van der Waals surface area contributed by atoms with E-state index in [1.165, 1.54) is 6.42 Å². The van der Waals surface area contributed by atoms with Crippen molar-refractivity contribution in [1.82, 2.24) is 20.0 Å². The van der Waals surface area contributed by atoms with Crippen molar-refractivity contribution >= 4 is 5.97 Å². The van der Waals surface area contributed by atoms with Gasteiger partial charge in [0.1, 0.15) is 0 Å². The Labute approximate surface area is 121 Å². The quantitative estimate of drug-likeness (QED) is 0.704. The van der Waals surface area contributed by atoms with E-state index in [9.17, 15) is 4.79 Å². The molecule has 2 fully saturated rings. The molecule has 20 heavy (non-hydrogen) atoms. The molecule has 2 rings (SSSR count). The second-order valence-electron chi connectivity index (χ2n) is 5.81. The van der Waals surface area contributed by atoms with Gasteiger partial charge in [-0.1, -0.05) is 0 Å². The molecule has 0 radical (unpaired) electrons. The minimum Gasteiger partial charge on any atom is -0.480 e. The van der Waals surface area contributed by atoms with Crippen molar-refractivity contribution in [1.29, 1.82) is 0 Å². The van der Waals surface area contributed by atoms with Crippen LogP contribution in [0.5, 0.6) is 0 Å². The smallest absolute Gasteiger partial charge is 0.317 e. The van der Waals surface area contributed by atoms with E-state index in [0.29, 0.717) is 0 Å². The van der Waals surface area contributed by atoms with Gasteiger partial charge in [0.15, 0.2) is 0 Å². The van der Waals surface area contributed by atoms with Crippen LogP contribution in [0.2, 0.25) is 0 Å². The zero-order chi connectivity index (χ0) is 14.2. The lowest BCUT2D eigenvalue weighted by Gasteiger charge is -2.33. The van der Waals surface area contributed by atoms with Crippen molar-refractivity contribution in [2.24, 2.45) is 0 Å². The van der Waals surface area contributed by atoms with Gasteiger partial charge in [-0.2, -0.15) is 0 Å².